The van der Waals surface area contributed by atoms with Crippen LogP contribution in [0.15, 0.2) is 60.8 Å². The number of allylic oxidation sites excluding steroid dienone is 10. The van der Waals surface area contributed by atoms with Crippen LogP contribution >= 0.6 is 0 Å². The maximum Gasteiger partial charge on any atom is 0.306 e. The minimum absolute atomic E-state index is 0.0738. The van der Waals surface area contributed by atoms with Gasteiger partial charge < -0.3 is 14.2 Å². The Balaban J connectivity index is 4.34. The maximum absolute atomic E-state index is 12.9. The normalized spacial score (nSPS) is 12.4. The molecule has 0 aromatic heterocycles. The first-order chi connectivity index (χ1) is 37.0. The van der Waals surface area contributed by atoms with Gasteiger partial charge >= 0.3 is 17.9 Å². The van der Waals surface area contributed by atoms with Gasteiger partial charge in [0.2, 0.25) is 0 Å². The second-order valence-corrected chi connectivity index (χ2v) is 22.0. The third-order valence-electron chi connectivity index (χ3n) is 14.5. The molecule has 0 aliphatic rings. The van der Waals surface area contributed by atoms with Crippen LogP contribution in [0, 0.1) is 0 Å². The first-order valence-electron chi connectivity index (χ1n) is 32.8. The van der Waals surface area contributed by atoms with E-state index in [4.69, 9.17) is 14.2 Å². The smallest absolute Gasteiger partial charge is 0.306 e. The van der Waals surface area contributed by atoms with Crippen LogP contribution in [-0.2, 0) is 28.6 Å². The zero-order valence-corrected chi connectivity index (χ0v) is 50.1. The average Bonchev–Trinajstić information content (AvgIpc) is 3.41. The number of carbonyl (C=O) groups is 3. The Morgan fingerprint density at radius 3 is 0.827 bits per heavy atom. The molecule has 0 saturated carbocycles. The standard InChI is InChI=1S/C69H124O6/c1-4-7-10-13-16-19-22-25-28-30-32-34-36-38-41-44-47-50-53-56-59-62-68(71)74-65-66(64-73-67(70)61-58-55-52-49-46-43-40-27-24-21-18-15-12-9-6-3)75-69(72)63-60-57-54-51-48-45-42-39-37-35-33-31-29-26-23-20-17-14-11-8-5-2/h7,10,16,19,25,28,31-34,66H,4-6,8-9,11-15,17-18,20-24,26-27,29-30,35-65H2,1-3H3/b10-7-,19-16-,28-25-,33-31-,34-32-. The van der Waals surface area contributed by atoms with Crippen molar-refractivity contribution < 1.29 is 28.6 Å². The molecule has 0 rings (SSSR count). The minimum Gasteiger partial charge on any atom is -0.462 e. The molecule has 436 valence electrons. The van der Waals surface area contributed by atoms with E-state index in [1.807, 2.05) is 0 Å². The molecule has 0 bridgehead atoms. The average molecular weight is 1050 g/mol. The molecule has 0 saturated heterocycles. The molecule has 0 fully saturated rings. The summed E-state index contributed by atoms with van der Waals surface area (Å²) in [6.45, 7) is 6.57. The van der Waals surface area contributed by atoms with Gasteiger partial charge in [-0.25, -0.2) is 0 Å². The van der Waals surface area contributed by atoms with Crippen LogP contribution in [0.4, 0.5) is 0 Å². The number of esters is 3. The monoisotopic (exact) mass is 1050 g/mol. The fourth-order valence-corrected chi connectivity index (χ4v) is 9.61. The molecule has 1 atom stereocenters. The highest BCUT2D eigenvalue weighted by Crippen LogP contribution is 2.17. The molecule has 0 radical (unpaired) electrons. The van der Waals surface area contributed by atoms with Gasteiger partial charge in [-0.2, -0.15) is 0 Å². The summed E-state index contributed by atoms with van der Waals surface area (Å²) in [5, 5.41) is 0. The molecule has 0 aliphatic heterocycles. The Bertz CT molecular complexity index is 1340. The summed E-state index contributed by atoms with van der Waals surface area (Å²) in [5.74, 6) is -0.864. The summed E-state index contributed by atoms with van der Waals surface area (Å²) >= 11 is 0. The Morgan fingerprint density at radius 1 is 0.280 bits per heavy atom. The van der Waals surface area contributed by atoms with E-state index in [0.717, 1.165) is 89.9 Å². The van der Waals surface area contributed by atoms with E-state index < -0.39 is 6.10 Å². The molecule has 0 aromatic rings. The van der Waals surface area contributed by atoms with E-state index in [9.17, 15) is 14.4 Å². The highest BCUT2D eigenvalue weighted by molar-refractivity contribution is 5.71. The van der Waals surface area contributed by atoms with Gasteiger partial charge in [0.15, 0.2) is 6.10 Å². The van der Waals surface area contributed by atoms with E-state index in [0.29, 0.717) is 19.3 Å². The van der Waals surface area contributed by atoms with Crippen molar-refractivity contribution in [2.75, 3.05) is 13.2 Å². The molecule has 6 heteroatoms. The highest BCUT2D eigenvalue weighted by Gasteiger charge is 2.19. The van der Waals surface area contributed by atoms with Gasteiger partial charge in [0.25, 0.3) is 0 Å². The molecule has 0 amide bonds. The van der Waals surface area contributed by atoms with Crippen molar-refractivity contribution in [3.63, 3.8) is 0 Å². The molecular formula is C69H124O6. The Kier molecular flexibility index (Phi) is 61.2. The van der Waals surface area contributed by atoms with Gasteiger partial charge in [-0.1, -0.05) is 300 Å². The molecule has 1 unspecified atom stereocenters. The van der Waals surface area contributed by atoms with Crippen molar-refractivity contribution in [2.24, 2.45) is 0 Å². The SMILES string of the molecule is CC/C=C\C/C=C\C/C=C\C/C=C\CCCCCCCCCCC(=O)OCC(COC(=O)CCCCCCCCCCCCCCCCC)OC(=O)CCCCCCCCCCC/C=C\CCCCCCCCCC. The lowest BCUT2D eigenvalue weighted by atomic mass is 10.0. The quantitative estimate of drug-likeness (QED) is 0.0261. The summed E-state index contributed by atoms with van der Waals surface area (Å²) in [4.78, 5) is 38.4. The van der Waals surface area contributed by atoms with Crippen LogP contribution < -0.4 is 0 Å². The molecule has 75 heavy (non-hydrogen) atoms. The summed E-state index contributed by atoms with van der Waals surface area (Å²) in [7, 11) is 0. The molecule has 6 nitrogen and oxygen atoms in total. The molecule has 0 aromatic carbocycles. The summed E-state index contributed by atoms with van der Waals surface area (Å²) < 4.78 is 17.0. The molecule has 0 N–H and O–H groups in total. The van der Waals surface area contributed by atoms with Crippen molar-refractivity contribution in [3.8, 4) is 0 Å². The van der Waals surface area contributed by atoms with Crippen molar-refractivity contribution in [1.29, 1.82) is 0 Å². The summed E-state index contributed by atoms with van der Waals surface area (Å²) in [5.41, 5.74) is 0. The predicted octanol–water partition coefficient (Wildman–Crippen LogP) is 22.3. The van der Waals surface area contributed by atoms with E-state index in [1.54, 1.807) is 0 Å². The largest absolute Gasteiger partial charge is 0.462 e. The van der Waals surface area contributed by atoms with Crippen LogP contribution in [0.25, 0.3) is 0 Å². The summed E-state index contributed by atoms with van der Waals surface area (Å²) in [6.07, 6.45) is 80.8. The Hall–Kier alpha value is -2.89. The number of rotatable bonds is 60. The van der Waals surface area contributed by atoms with Gasteiger partial charge in [-0.15, -0.1) is 0 Å². The fourth-order valence-electron chi connectivity index (χ4n) is 9.61. The molecular weight excluding hydrogens is 925 g/mol. The third-order valence-corrected chi connectivity index (χ3v) is 14.5. The van der Waals surface area contributed by atoms with Gasteiger partial charge in [0, 0.05) is 19.3 Å². The Labute approximate surface area is 466 Å². The number of hydrogen-bond donors (Lipinski definition) is 0. The van der Waals surface area contributed by atoms with Crippen LogP contribution in [0.2, 0.25) is 0 Å². The van der Waals surface area contributed by atoms with Gasteiger partial charge in [-0.05, 0) is 83.5 Å². The highest BCUT2D eigenvalue weighted by atomic mass is 16.6. The van der Waals surface area contributed by atoms with E-state index >= 15 is 0 Å². The lowest BCUT2D eigenvalue weighted by Gasteiger charge is -2.18. The van der Waals surface area contributed by atoms with E-state index in [2.05, 4.69) is 81.5 Å². The minimum atomic E-state index is -0.778. The van der Waals surface area contributed by atoms with Crippen LogP contribution in [0.5, 0.6) is 0 Å². The number of unbranched alkanes of at least 4 members (excludes halogenated alkanes) is 39. The van der Waals surface area contributed by atoms with Crippen molar-refractivity contribution >= 4 is 17.9 Å². The number of carbonyl (C=O) groups excluding carboxylic acids is 3. The van der Waals surface area contributed by atoms with Gasteiger partial charge in [-0.3, -0.25) is 14.4 Å². The van der Waals surface area contributed by atoms with Crippen molar-refractivity contribution in [1.82, 2.24) is 0 Å². The van der Waals surface area contributed by atoms with Crippen molar-refractivity contribution in [2.45, 2.75) is 348 Å². The van der Waals surface area contributed by atoms with Gasteiger partial charge in [0.05, 0.1) is 0 Å². The molecule has 0 aliphatic carbocycles. The maximum atomic E-state index is 12.9. The zero-order valence-electron chi connectivity index (χ0n) is 50.1. The lowest BCUT2D eigenvalue weighted by Crippen LogP contribution is -2.30. The summed E-state index contributed by atoms with van der Waals surface area (Å²) in [6, 6.07) is 0. The fraction of sp³-hybridized carbons (Fsp3) is 0.812. The zero-order chi connectivity index (χ0) is 54.3. The van der Waals surface area contributed by atoms with E-state index in [-0.39, 0.29) is 31.1 Å². The second-order valence-electron chi connectivity index (χ2n) is 22.0. The lowest BCUT2D eigenvalue weighted by molar-refractivity contribution is -0.167. The molecule has 0 heterocycles. The predicted molar refractivity (Wildman–Crippen MR) is 325 cm³/mol. The molecule has 0 spiro atoms. The third kappa shape index (κ3) is 61.8. The van der Waals surface area contributed by atoms with E-state index in [1.165, 1.54) is 212 Å². The first-order valence-corrected chi connectivity index (χ1v) is 32.8. The number of ether oxygens (including phenoxy) is 3. The second kappa shape index (κ2) is 63.6. The van der Waals surface area contributed by atoms with Crippen LogP contribution in [0.1, 0.15) is 342 Å². The van der Waals surface area contributed by atoms with Crippen molar-refractivity contribution in [3.05, 3.63) is 60.8 Å². The van der Waals surface area contributed by atoms with Crippen LogP contribution in [0.3, 0.4) is 0 Å². The van der Waals surface area contributed by atoms with Gasteiger partial charge in [0.1, 0.15) is 13.2 Å². The first kappa shape index (κ1) is 72.1. The topological polar surface area (TPSA) is 78.9 Å². The Morgan fingerprint density at radius 2 is 0.520 bits per heavy atom. The van der Waals surface area contributed by atoms with Crippen LogP contribution in [-0.4, -0.2) is 37.2 Å². The number of hydrogen-bond acceptors (Lipinski definition) is 6.